The molecule has 0 aliphatic carbocycles. The summed E-state index contributed by atoms with van der Waals surface area (Å²) in [6.07, 6.45) is 1.77. The molecule has 0 aliphatic rings. The van der Waals surface area contributed by atoms with E-state index in [-0.39, 0.29) is 5.75 Å². The molecular weight excluding hydrogens is 166 g/mol. The smallest absolute Gasteiger partial charge is 0.147 e. The van der Waals surface area contributed by atoms with Crippen LogP contribution in [0.4, 0.5) is 0 Å². The summed E-state index contributed by atoms with van der Waals surface area (Å²) in [6, 6.07) is 0. The molecule has 0 radical (unpaired) electrons. The number of ether oxygens (including phenoxy) is 1. The third kappa shape index (κ3) is 9.87. The van der Waals surface area contributed by atoms with Gasteiger partial charge in [0.2, 0.25) is 0 Å². The second-order valence-corrected chi connectivity index (χ2v) is 4.64. The van der Waals surface area contributed by atoms with Gasteiger partial charge < -0.3 is 10.5 Å². The monoisotopic (exact) mass is 181 g/mol. The number of sulfone groups is 1. The fourth-order valence-electron chi connectivity index (χ4n) is 0.609. The van der Waals surface area contributed by atoms with E-state index in [4.69, 9.17) is 10.5 Å². The van der Waals surface area contributed by atoms with Crippen LogP contribution >= 0.6 is 0 Å². The van der Waals surface area contributed by atoms with Crippen molar-refractivity contribution >= 4 is 9.84 Å². The van der Waals surface area contributed by atoms with Gasteiger partial charge in [0.1, 0.15) is 9.84 Å². The van der Waals surface area contributed by atoms with Crippen molar-refractivity contribution in [2.75, 3.05) is 31.8 Å². The Morgan fingerprint density at radius 2 is 2.00 bits per heavy atom. The molecule has 0 amide bonds. The summed E-state index contributed by atoms with van der Waals surface area (Å²) in [5.41, 5.74) is 5.15. The minimum atomic E-state index is -2.82. The Hall–Kier alpha value is -0.130. The van der Waals surface area contributed by atoms with E-state index < -0.39 is 9.84 Å². The number of rotatable bonds is 6. The first-order chi connectivity index (χ1) is 5.06. The molecule has 4 nitrogen and oxygen atoms in total. The lowest BCUT2D eigenvalue weighted by atomic mass is 10.5. The van der Waals surface area contributed by atoms with Crippen molar-refractivity contribution in [2.45, 2.75) is 6.42 Å². The fraction of sp³-hybridized carbons (Fsp3) is 1.00. The summed E-state index contributed by atoms with van der Waals surface area (Å²) >= 11 is 0. The van der Waals surface area contributed by atoms with Crippen molar-refractivity contribution < 1.29 is 13.2 Å². The lowest BCUT2D eigenvalue weighted by Gasteiger charge is -2.00. The van der Waals surface area contributed by atoms with E-state index >= 15 is 0 Å². The Morgan fingerprint density at radius 3 is 2.45 bits per heavy atom. The Labute approximate surface area is 67.6 Å². The van der Waals surface area contributed by atoms with Crippen LogP contribution in [0.15, 0.2) is 0 Å². The van der Waals surface area contributed by atoms with Gasteiger partial charge in [-0.15, -0.1) is 0 Å². The molecule has 2 N–H and O–H groups in total. The summed E-state index contributed by atoms with van der Waals surface area (Å²) < 4.78 is 26.2. The molecule has 68 valence electrons. The van der Waals surface area contributed by atoms with E-state index in [0.29, 0.717) is 26.2 Å². The van der Waals surface area contributed by atoms with Gasteiger partial charge in [0.15, 0.2) is 0 Å². The summed E-state index contributed by atoms with van der Waals surface area (Å²) in [4.78, 5) is 0. The predicted octanol–water partition coefficient (Wildman–Crippen LogP) is -0.604. The van der Waals surface area contributed by atoms with Gasteiger partial charge in [-0.3, -0.25) is 0 Å². The van der Waals surface area contributed by atoms with E-state index in [1.54, 1.807) is 0 Å². The fourth-order valence-corrected chi connectivity index (χ4v) is 1.25. The SMILES string of the molecule is CS(=O)(=O)CCCOCCN. The van der Waals surface area contributed by atoms with Crippen molar-refractivity contribution in [3.05, 3.63) is 0 Å². The van der Waals surface area contributed by atoms with Crippen molar-refractivity contribution in [1.29, 1.82) is 0 Å². The molecule has 0 aromatic carbocycles. The van der Waals surface area contributed by atoms with Gasteiger partial charge in [-0.05, 0) is 6.42 Å². The van der Waals surface area contributed by atoms with Gasteiger partial charge in [-0.2, -0.15) is 0 Å². The molecule has 0 aromatic rings. The molecule has 0 saturated heterocycles. The summed E-state index contributed by atoms with van der Waals surface area (Å²) in [5, 5.41) is 0. The van der Waals surface area contributed by atoms with E-state index in [1.165, 1.54) is 6.26 Å². The van der Waals surface area contributed by atoms with E-state index in [0.717, 1.165) is 0 Å². The Balaban J connectivity index is 3.16. The molecule has 0 bridgehead atoms. The normalized spacial score (nSPS) is 11.8. The van der Waals surface area contributed by atoms with Crippen LogP contribution in [0.2, 0.25) is 0 Å². The van der Waals surface area contributed by atoms with Gasteiger partial charge >= 0.3 is 0 Å². The lowest BCUT2D eigenvalue weighted by molar-refractivity contribution is 0.142. The van der Waals surface area contributed by atoms with Crippen LogP contribution in [0.1, 0.15) is 6.42 Å². The zero-order valence-electron chi connectivity index (χ0n) is 6.75. The maximum Gasteiger partial charge on any atom is 0.147 e. The third-order valence-corrected chi connectivity index (χ3v) is 2.10. The van der Waals surface area contributed by atoms with E-state index in [9.17, 15) is 8.42 Å². The number of hydrogen-bond acceptors (Lipinski definition) is 4. The minimum absolute atomic E-state index is 0.192. The van der Waals surface area contributed by atoms with Gasteiger partial charge in [0.25, 0.3) is 0 Å². The molecule has 0 heterocycles. The first-order valence-electron chi connectivity index (χ1n) is 3.52. The first-order valence-corrected chi connectivity index (χ1v) is 5.58. The van der Waals surface area contributed by atoms with Gasteiger partial charge in [0.05, 0.1) is 12.4 Å². The molecule has 0 saturated carbocycles. The molecule has 0 rings (SSSR count). The van der Waals surface area contributed by atoms with Crippen LogP contribution in [0.25, 0.3) is 0 Å². The summed E-state index contributed by atoms with van der Waals surface area (Å²) in [5.74, 6) is 0.192. The van der Waals surface area contributed by atoms with E-state index in [1.807, 2.05) is 0 Å². The van der Waals surface area contributed by atoms with Crippen LogP contribution in [0, 0.1) is 0 Å². The molecule has 0 aliphatic heterocycles. The molecule has 0 fully saturated rings. The van der Waals surface area contributed by atoms with Gasteiger partial charge in [0, 0.05) is 19.4 Å². The Kier molecular flexibility index (Phi) is 5.45. The zero-order valence-corrected chi connectivity index (χ0v) is 7.56. The summed E-state index contributed by atoms with van der Waals surface area (Å²) in [6.45, 7) is 1.47. The number of hydrogen-bond donors (Lipinski definition) is 1. The van der Waals surface area contributed by atoms with Crippen LogP contribution in [-0.4, -0.2) is 40.2 Å². The molecule has 0 aromatic heterocycles. The van der Waals surface area contributed by atoms with Crippen LogP contribution < -0.4 is 5.73 Å². The molecule has 0 atom stereocenters. The van der Waals surface area contributed by atoms with Crippen LogP contribution in [-0.2, 0) is 14.6 Å². The maximum absolute atomic E-state index is 10.6. The second-order valence-electron chi connectivity index (χ2n) is 2.38. The first kappa shape index (κ1) is 10.9. The predicted molar refractivity (Wildman–Crippen MR) is 44.2 cm³/mol. The van der Waals surface area contributed by atoms with Crippen LogP contribution in [0.5, 0.6) is 0 Å². The zero-order chi connectivity index (χ0) is 8.74. The Bertz CT molecular complexity index is 176. The number of nitrogens with two attached hydrogens (primary N) is 1. The second kappa shape index (κ2) is 5.51. The maximum atomic E-state index is 10.6. The minimum Gasteiger partial charge on any atom is -0.380 e. The largest absolute Gasteiger partial charge is 0.380 e. The van der Waals surface area contributed by atoms with Gasteiger partial charge in [-0.1, -0.05) is 0 Å². The quantitative estimate of drug-likeness (QED) is 0.555. The van der Waals surface area contributed by atoms with Crippen LogP contribution in [0.3, 0.4) is 0 Å². The molecule has 11 heavy (non-hydrogen) atoms. The van der Waals surface area contributed by atoms with Crippen molar-refractivity contribution in [2.24, 2.45) is 5.73 Å². The molecular formula is C6H15NO3S. The topological polar surface area (TPSA) is 69.4 Å². The van der Waals surface area contributed by atoms with E-state index in [2.05, 4.69) is 0 Å². The Morgan fingerprint density at radius 1 is 1.36 bits per heavy atom. The molecule has 0 spiro atoms. The van der Waals surface area contributed by atoms with Crippen molar-refractivity contribution in [3.63, 3.8) is 0 Å². The lowest BCUT2D eigenvalue weighted by Crippen LogP contribution is -2.11. The van der Waals surface area contributed by atoms with Crippen molar-refractivity contribution in [3.8, 4) is 0 Å². The average molecular weight is 181 g/mol. The molecule has 5 heteroatoms. The highest BCUT2D eigenvalue weighted by molar-refractivity contribution is 7.90. The van der Waals surface area contributed by atoms with Gasteiger partial charge in [-0.25, -0.2) is 8.42 Å². The highest BCUT2D eigenvalue weighted by Crippen LogP contribution is 1.89. The third-order valence-electron chi connectivity index (χ3n) is 1.07. The highest BCUT2D eigenvalue weighted by atomic mass is 32.2. The van der Waals surface area contributed by atoms with Crippen molar-refractivity contribution in [1.82, 2.24) is 0 Å². The molecule has 0 unspecified atom stereocenters. The highest BCUT2D eigenvalue weighted by Gasteiger charge is 2.00. The standard InChI is InChI=1S/C6H15NO3S/c1-11(8,9)6-2-4-10-5-3-7/h2-7H2,1H3. The summed E-state index contributed by atoms with van der Waals surface area (Å²) in [7, 11) is -2.82. The average Bonchev–Trinajstić information content (AvgIpc) is 1.85.